The molecule has 3 rings (SSSR count). The van der Waals surface area contributed by atoms with Crippen LogP contribution in [0.2, 0.25) is 0 Å². The Bertz CT molecular complexity index is 715. The molecule has 3 heterocycles. The van der Waals surface area contributed by atoms with Gasteiger partial charge in [-0.25, -0.2) is 9.97 Å². The van der Waals surface area contributed by atoms with Crippen LogP contribution in [0.3, 0.4) is 0 Å². The van der Waals surface area contributed by atoms with Crippen LogP contribution in [-0.4, -0.2) is 32.8 Å². The fraction of sp³-hybridized carbons (Fsp3) is 0.650. The SMILES string of the molecule is Cc1nc(N2CCCCCCC2)ncc1[C@H](C)NCc1cnn(C)c1C. The standard InChI is InChI=1S/C20H32N6/c1-15(21-12-18-13-23-25(4)17(18)3)19-14-22-20(24-16(19)2)26-10-8-6-5-7-9-11-26/h13-15,21H,5-12H2,1-4H3/t15-/m0/s1. The average molecular weight is 357 g/mol. The molecule has 1 atom stereocenters. The number of aryl methyl sites for hydroxylation is 2. The first-order chi connectivity index (χ1) is 12.6. The Labute approximate surface area is 157 Å². The zero-order valence-corrected chi connectivity index (χ0v) is 16.6. The minimum Gasteiger partial charge on any atom is -0.341 e. The Hall–Kier alpha value is -1.95. The van der Waals surface area contributed by atoms with E-state index in [0.717, 1.165) is 31.3 Å². The van der Waals surface area contributed by atoms with E-state index in [4.69, 9.17) is 9.97 Å². The number of aromatic nitrogens is 4. The molecule has 0 bridgehead atoms. The van der Waals surface area contributed by atoms with Gasteiger partial charge in [-0.2, -0.15) is 5.10 Å². The summed E-state index contributed by atoms with van der Waals surface area (Å²) >= 11 is 0. The third-order valence-corrected chi connectivity index (χ3v) is 5.55. The second-order valence-electron chi connectivity index (χ2n) is 7.45. The van der Waals surface area contributed by atoms with Crippen LogP contribution in [0, 0.1) is 13.8 Å². The Morgan fingerprint density at radius 2 is 1.77 bits per heavy atom. The van der Waals surface area contributed by atoms with Gasteiger partial charge in [0.25, 0.3) is 0 Å². The Morgan fingerprint density at radius 1 is 1.08 bits per heavy atom. The third kappa shape index (κ3) is 4.41. The van der Waals surface area contributed by atoms with Crippen LogP contribution in [0.4, 0.5) is 5.95 Å². The quantitative estimate of drug-likeness (QED) is 0.889. The van der Waals surface area contributed by atoms with Crippen molar-refractivity contribution < 1.29 is 0 Å². The van der Waals surface area contributed by atoms with E-state index in [2.05, 4.69) is 36.1 Å². The predicted octanol–water partition coefficient (Wildman–Crippen LogP) is 3.45. The molecule has 2 aromatic rings. The predicted molar refractivity (Wildman–Crippen MR) is 105 cm³/mol. The van der Waals surface area contributed by atoms with Gasteiger partial charge in [-0.1, -0.05) is 19.3 Å². The highest BCUT2D eigenvalue weighted by Gasteiger charge is 2.16. The summed E-state index contributed by atoms with van der Waals surface area (Å²) in [6.07, 6.45) is 10.4. The lowest BCUT2D eigenvalue weighted by Gasteiger charge is -2.25. The van der Waals surface area contributed by atoms with Gasteiger partial charge in [0.05, 0.1) is 6.20 Å². The second-order valence-corrected chi connectivity index (χ2v) is 7.45. The normalized spacial score (nSPS) is 17.0. The summed E-state index contributed by atoms with van der Waals surface area (Å²) in [5.41, 5.74) is 4.67. The largest absolute Gasteiger partial charge is 0.341 e. The lowest BCUT2D eigenvalue weighted by molar-refractivity contribution is 0.546. The molecule has 142 valence electrons. The lowest BCUT2D eigenvalue weighted by Crippen LogP contribution is -2.29. The summed E-state index contributed by atoms with van der Waals surface area (Å²) in [7, 11) is 1.98. The maximum absolute atomic E-state index is 4.83. The van der Waals surface area contributed by atoms with Gasteiger partial charge in [-0.3, -0.25) is 4.68 Å². The number of nitrogens with zero attached hydrogens (tertiary/aromatic N) is 5. The fourth-order valence-corrected chi connectivity index (χ4v) is 3.58. The molecule has 0 saturated carbocycles. The van der Waals surface area contributed by atoms with Gasteiger partial charge in [0.2, 0.25) is 5.95 Å². The maximum Gasteiger partial charge on any atom is 0.225 e. The molecule has 0 unspecified atom stereocenters. The molecule has 26 heavy (non-hydrogen) atoms. The third-order valence-electron chi connectivity index (χ3n) is 5.55. The topological polar surface area (TPSA) is 58.9 Å². The highest BCUT2D eigenvalue weighted by Crippen LogP contribution is 2.20. The first-order valence-corrected chi connectivity index (χ1v) is 9.85. The minimum absolute atomic E-state index is 0.205. The van der Waals surface area contributed by atoms with E-state index >= 15 is 0 Å². The van der Waals surface area contributed by atoms with Crippen molar-refractivity contribution in [1.29, 1.82) is 0 Å². The number of hydrogen-bond donors (Lipinski definition) is 1. The Balaban J connectivity index is 1.65. The summed E-state index contributed by atoms with van der Waals surface area (Å²) < 4.78 is 1.91. The van der Waals surface area contributed by atoms with Crippen LogP contribution in [0.25, 0.3) is 0 Å². The van der Waals surface area contributed by atoms with Crippen molar-refractivity contribution in [3.63, 3.8) is 0 Å². The summed E-state index contributed by atoms with van der Waals surface area (Å²) in [4.78, 5) is 11.9. The van der Waals surface area contributed by atoms with E-state index in [1.165, 1.54) is 48.9 Å². The smallest absolute Gasteiger partial charge is 0.225 e. The van der Waals surface area contributed by atoms with Gasteiger partial charge in [-0.05, 0) is 33.6 Å². The zero-order chi connectivity index (χ0) is 18.5. The molecule has 1 aliphatic rings. The number of rotatable bonds is 5. The molecule has 0 aromatic carbocycles. The molecular formula is C20H32N6. The average Bonchev–Trinajstić information content (AvgIpc) is 2.91. The lowest BCUT2D eigenvalue weighted by atomic mass is 10.1. The van der Waals surface area contributed by atoms with Crippen molar-refractivity contribution in [2.75, 3.05) is 18.0 Å². The number of anilines is 1. The first kappa shape index (κ1) is 18.8. The van der Waals surface area contributed by atoms with Gasteiger partial charge < -0.3 is 10.2 Å². The molecule has 1 fully saturated rings. The van der Waals surface area contributed by atoms with Crippen molar-refractivity contribution in [2.45, 2.75) is 65.5 Å². The van der Waals surface area contributed by atoms with Gasteiger partial charge in [0, 0.05) is 61.4 Å². The van der Waals surface area contributed by atoms with Gasteiger partial charge in [-0.15, -0.1) is 0 Å². The Morgan fingerprint density at radius 3 is 2.38 bits per heavy atom. The highest BCUT2D eigenvalue weighted by molar-refractivity contribution is 5.34. The van der Waals surface area contributed by atoms with E-state index in [9.17, 15) is 0 Å². The molecule has 1 N–H and O–H groups in total. The summed E-state index contributed by atoms with van der Waals surface area (Å²) in [5.74, 6) is 0.892. The summed E-state index contributed by atoms with van der Waals surface area (Å²) in [5, 5.41) is 7.89. The van der Waals surface area contributed by atoms with Crippen molar-refractivity contribution >= 4 is 5.95 Å². The van der Waals surface area contributed by atoms with Crippen molar-refractivity contribution in [3.05, 3.63) is 34.9 Å². The second kappa shape index (κ2) is 8.62. The van der Waals surface area contributed by atoms with Crippen LogP contribution in [0.5, 0.6) is 0 Å². The first-order valence-electron chi connectivity index (χ1n) is 9.85. The van der Waals surface area contributed by atoms with E-state index in [1.807, 2.05) is 24.1 Å². The van der Waals surface area contributed by atoms with Crippen molar-refractivity contribution in [3.8, 4) is 0 Å². The van der Waals surface area contributed by atoms with E-state index < -0.39 is 0 Å². The van der Waals surface area contributed by atoms with Gasteiger partial charge >= 0.3 is 0 Å². The van der Waals surface area contributed by atoms with Gasteiger partial charge in [0.15, 0.2) is 0 Å². The molecular weight excluding hydrogens is 324 g/mol. The molecule has 0 radical (unpaired) electrons. The van der Waals surface area contributed by atoms with Crippen LogP contribution >= 0.6 is 0 Å². The molecule has 6 nitrogen and oxygen atoms in total. The highest BCUT2D eigenvalue weighted by atomic mass is 15.3. The monoisotopic (exact) mass is 356 g/mol. The Kier molecular flexibility index (Phi) is 6.25. The molecule has 1 aliphatic heterocycles. The zero-order valence-electron chi connectivity index (χ0n) is 16.6. The maximum atomic E-state index is 4.83. The van der Waals surface area contributed by atoms with E-state index in [1.54, 1.807) is 0 Å². The molecule has 1 saturated heterocycles. The van der Waals surface area contributed by atoms with Crippen LogP contribution in [0.1, 0.15) is 67.6 Å². The van der Waals surface area contributed by atoms with Crippen LogP contribution in [-0.2, 0) is 13.6 Å². The summed E-state index contributed by atoms with van der Waals surface area (Å²) in [6, 6.07) is 0.205. The fourth-order valence-electron chi connectivity index (χ4n) is 3.58. The van der Waals surface area contributed by atoms with Crippen molar-refractivity contribution in [1.82, 2.24) is 25.1 Å². The van der Waals surface area contributed by atoms with Crippen LogP contribution in [0.15, 0.2) is 12.4 Å². The summed E-state index contributed by atoms with van der Waals surface area (Å²) in [6.45, 7) is 9.32. The van der Waals surface area contributed by atoms with Crippen molar-refractivity contribution in [2.24, 2.45) is 7.05 Å². The molecule has 0 spiro atoms. The van der Waals surface area contributed by atoms with Gasteiger partial charge in [0.1, 0.15) is 0 Å². The molecule has 0 aliphatic carbocycles. The molecule has 0 amide bonds. The molecule has 2 aromatic heterocycles. The number of nitrogens with one attached hydrogen (secondary N) is 1. The number of hydrogen-bond acceptors (Lipinski definition) is 5. The molecule has 6 heteroatoms. The van der Waals surface area contributed by atoms with Crippen LogP contribution < -0.4 is 10.2 Å². The van der Waals surface area contributed by atoms with E-state index in [-0.39, 0.29) is 6.04 Å². The minimum atomic E-state index is 0.205. The van der Waals surface area contributed by atoms with E-state index in [0.29, 0.717) is 0 Å².